The number of anilines is 1. The summed E-state index contributed by atoms with van der Waals surface area (Å²) in [5, 5.41) is 7.71. The second-order valence-electron chi connectivity index (χ2n) is 7.32. The second kappa shape index (κ2) is 7.42. The Bertz CT molecular complexity index is 830. The molecule has 1 saturated carbocycles. The van der Waals surface area contributed by atoms with E-state index in [9.17, 15) is 4.79 Å². The Morgan fingerprint density at radius 1 is 1.30 bits per heavy atom. The van der Waals surface area contributed by atoms with Crippen LogP contribution in [0.4, 0.5) is 5.69 Å². The first-order valence-corrected chi connectivity index (χ1v) is 9.45. The predicted molar refractivity (Wildman–Crippen MR) is 106 cm³/mol. The molecule has 1 aliphatic carbocycles. The fourth-order valence-electron chi connectivity index (χ4n) is 3.70. The zero-order valence-electron chi connectivity index (χ0n) is 15.9. The van der Waals surface area contributed by atoms with Gasteiger partial charge in [0, 0.05) is 39.4 Å². The fourth-order valence-corrected chi connectivity index (χ4v) is 3.70. The van der Waals surface area contributed by atoms with E-state index in [4.69, 9.17) is 0 Å². The van der Waals surface area contributed by atoms with Gasteiger partial charge in [-0.05, 0) is 24.3 Å². The summed E-state index contributed by atoms with van der Waals surface area (Å²) in [5.74, 6) is 1.54. The van der Waals surface area contributed by atoms with Crippen LogP contribution in [0.5, 0.6) is 0 Å². The van der Waals surface area contributed by atoms with Crippen LogP contribution in [0.1, 0.15) is 12.0 Å². The van der Waals surface area contributed by atoms with Crippen molar-refractivity contribution in [3.8, 4) is 0 Å². The third-order valence-corrected chi connectivity index (χ3v) is 5.31. The molecule has 2 aromatic rings. The molecule has 1 aromatic heterocycles. The molecule has 2 atom stereocenters. The number of nitrogens with zero attached hydrogens (tertiary/aromatic N) is 5. The van der Waals surface area contributed by atoms with Crippen molar-refractivity contribution in [2.24, 2.45) is 18.0 Å². The van der Waals surface area contributed by atoms with Crippen LogP contribution in [0, 0.1) is 5.92 Å². The molecule has 0 bridgehead atoms. The largest absolute Gasteiger partial charge is 0.353 e. The molecule has 0 spiro atoms. The molecule has 142 valence electrons. The van der Waals surface area contributed by atoms with Gasteiger partial charge in [-0.25, -0.2) is 0 Å². The van der Waals surface area contributed by atoms with E-state index in [1.165, 1.54) is 5.56 Å². The Kier molecular flexibility index (Phi) is 4.83. The first-order valence-electron chi connectivity index (χ1n) is 9.45. The van der Waals surface area contributed by atoms with E-state index >= 15 is 0 Å². The average Bonchev–Trinajstić information content (AvgIpc) is 3.26. The third-order valence-electron chi connectivity index (χ3n) is 5.31. The van der Waals surface area contributed by atoms with E-state index in [-0.39, 0.29) is 5.91 Å². The summed E-state index contributed by atoms with van der Waals surface area (Å²) in [6, 6.07) is 11.0. The summed E-state index contributed by atoms with van der Waals surface area (Å²) in [7, 11) is 3.65. The maximum absolute atomic E-state index is 12.6. The zero-order chi connectivity index (χ0) is 18.8. The monoisotopic (exact) mass is 366 g/mol. The highest BCUT2D eigenvalue weighted by Gasteiger charge is 2.39. The number of piperazine rings is 1. The summed E-state index contributed by atoms with van der Waals surface area (Å²) >= 11 is 0. The molecule has 2 unspecified atom stereocenters. The van der Waals surface area contributed by atoms with Crippen molar-refractivity contribution in [2.45, 2.75) is 18.9 Å². The molecule has 1 amide bonds. The number of aromatic nitrogens is 2. The number of aryl methyl sites for hydroxylation is 1. The number of rotatable bonds is 4. The van der Waals surface area contributed by atoms with Crippen LogP contribution >= 0.6 is 0 Å². The van der Waals surface area contributed by atoms with Crippen LogP contribution in [0.15, 0.2) is 47.7 Å². The summed E-state index contributed by atoms with van der Waals surface area (Å²) in [6.07, 6.45) is 5.85. The fraction of sp³-hybridized carbons (Fsp3) is 0.450. The van der Waals surface area contributed by atoms with Gasteiger partial charge in [0.2, 0.25) is 5.91 Å². The Morgan fingerprint density at radius 2 is 2.11 bits per heavy atom. The third kappa shape index (κ3) is 3.97. The summed E-state index contributed by atoms with van der Waals surface area (Å²) < 4.78 is 1.72. The topological polar surface area (TPSA) is 65.8 Å². The van der Waals surface area contributed by atoms with Crippen LogP contribution in [0.25, 0.3) is 0 Å². The van der Waals surface area contributed by atoms with E-state index in [0.717, 1.165) is 31.0 Å². The Hall–Kier alpha value is -2.83. The van der Waals surface area contributed by atoms with E-state index in [2.05, 4.69) is 45.7 Å². The molecule has 2 aliphatic rings. The highest BCUT2D eigenvalue weighted by molar-refractivity contribution is 5.98. The number of benzene rings is 1. The first kappa shape index (κ1) is 17.6. The van der Waals surface area contributed by atoms with Gasteiger partial charge in [-0.1, -0.05) is 30.3 Å². The lowest BCUT2D eigenvalue weighted by Gasteiger charge is -2.35. The van der Waals surface area contributed by atoms with Crippen molar-refractivity contribution in [1.29, 1.82) is 0 Å². The molecule has 4 rings (SSSR count). The smallest absolute Gasteiger partial charge is 0.246 e. The number of amides is 1. The van der Waals surface area contributed by atoms with Crippen LogP contribution in [-0.4, -0.2) is 59.3 Å². The van der Waals surface area contributed by atoms with Gasteiger partial charge >= 0.3 is 0 Å². The quantitative estimate of drug-likeness (QED) is 0.654. The van der Waals surface area contributed by atoms with Gasteiger partial charge in [-0.3, -0.25) is 14.5 Å². The number of aliphatic imine (C=N–C) groups is 1. The number of nitrogens with one attached hydrogen (secondary N) is 1. The van der Waals surface area contributed by atoms with Crippen LogP contribution in [-0.2, 0) is 18.3 Å². The Balaban J connectivity index is 1.31. The van der Waals surface area contributed by atoms with Crippen molar-refractivity contribution < 1.29 is 4.79 Å². The van der Waals surface area contributed by atoms with Crippen LogP contribution < -0.4 is 10.2 Å². The van der Waals surface area contributed by atoms with Gasteiger partial charge in [-0.15, -0.1) is 0 Å². The van der Waals surface area contributed by atoms with Crippen LogP contribution in [0.2, 0.25) is 0 Å². The Morgan fingerprint density at radius 3 is 2.78 bits per heavy atom. The number of carbonyl (C=O) groups excluding carboxylic acids is 1. The van der Waals surface area contributed by atoms with Crippen LogP contribution in [0.3, 0.4) is 0 Å². The minimum Gasteiger partial charge on any atom is -0.353 e. The lowest BCUT2D eigenvalue weighted by Crippen LogP contribution is -2.55. The van der Waals surface area contributed by atoms with Gasteiger partial charge in [0.25, 0.3) is 0 Å². The predicted octanol–water partition coefficient (Wildman–Crippen LogP) is 1.28. The van der Waals surface area contributed by atoms with Gasteiger partial charge in [0.05, 0.1) is 11.9 Å². The van der Waals surface area contributed by atoms with E-state index < -0.39 is 0 Å². The van der Waals surface area contributed by atoms with Crippen molar-refractivity contribution in [2.75, 3.05) is 31.6 Å². The second-order valence-corrected chi connectivity index (χ2v) is 7.32. The summed E-state index contributed by atoms with van der Waals surface area (Å²) in [4.78, 5) is 20.9. The zero-order valence-corrected chi connectivity index (χ0v) is 15.9. The van der Waals surface area contributed by atoms with E-state index in [1.807, 2.05) is 18.1 Å². The molecule has 1 saturated heterocycles. The molecule has 7 nitrogen and oxygen atoms in total. The molecular weight excluding hydrogens is 340 g/mol. The SMILES string of the molecule is CN=C(NC1CC1Cc1ccccc1)N1CCN(c2cnn(C)c2)C(=O)C1. The van der Waals surface area contributed by atoms with Gasteiger partial charge < -0.3 is 15.1 Å². The summed E-state index contributed by atoms with van der Waals surface area (Å²) in [5.41, 5.74) is 2.23. The van der Waals surface area contributed by atoms with Crippen molar-refractivity contribution >= 4 is 17.6 Å². The molecule has 2 heterocycles. The normalized spacial score (nSPS) is 22.9. The molecule has 0 radical (unpaired) electrons. The minimum atomic E-state index is 0.0776. The average molecular weight is 366 g/mol. The Labute approximate surface area is 159 Å². The van der Waals surface area contributed by atoms with Crippen molar-refractivity contribution in [3.63, 3.8) is 0 Å². The number of carbonyl (C=O) groups is 1. The van der Waals surface area contributed by atoms with E-state index in [1.54, 1.807) is 22.8 Å². The van der Waals surface area contributed by atoms with Gasteiger partial charge in [0.1, 0.15) is 6.54 Å². The number of hydrogen-bond acceptors (Lipinski definition) is 3. The maximum atomic E-state index is 12.6. The van der Waals surface area contributed by atoms with E-state index in [0.29, 0.717) is 25.0 Å². The van der Waals surface area contributed by atoms with Crippen molar-refractivity contribution in [3.05, 3.63) is 48.3 Å². The lowest BCUT2D eigenvalue weighted by atomic mass is 10.1. The molecular formula is C20H26N6O. The molecule has 2 fully saturated rings. The molecule has 1 aliphatic heterocycles. The van der Waals surface area contributed by atoms with Crippen molar-refractivity contribution in [1.82, 2.24) is 20.0 Å². The maximum Gasteiger partial charge on any atom is 0.246 e. The minimum absolute atomic E-state index is 0.0776. The molecule has 1 aromatic carbocycles. The highest BCUT2D eigenvalue weighted by Crippen LogP contribution is 2.34. The molecule has 1 N–H and O–H groups in total. The first-order chi connectivity index (χ1) is 13.1. The van der Waals surface area contributed by atoms with Gasteiger partial charge in [-0.2, -0.15) is 5.10 Å². The molecule has 7 heteroatoms. The lowest BCUT2D eigenvalue weighted by molar-refractivity contribution is -0.120. The van der Waals surface area contributed by atoms with Gasteiger partial charge in [0.15, 0.2) is 5.96 Å². The molecule has 27 heavy (non-hydrogen) atoms. The number of hydrogen-bond donors (Lipinski definition) is 1. The summed E-state index contributed by atoms with van der Waals surface area (Å²) in [6.45, 7) is 1.74. The highest BCUT2D eigenvalue weighted by atomic mass is 16.2. The number of guanidine groups is 1. The standard InChI is InChI=1S/C20H26N6O/c1-21-20(23-18-11-16(18)10-15-6-4-3-5-7-15)25-8-9-26(19(27)14-25)17-12-22-24(2)13-17/h3-7,12-13,16,18H,8-11,14H2,1-2H3,(H,21,23).